The van der Waals surface area contributed by atoms with Crippen molar-refractivity contribution in [2.45, 2.75) is 32.6 Å². The average Bonchev–Trinajstić information content (AvgIpc) is 2.57. The van der Waals surface area contributed by atoms with E-state index in [1.54, 1.807) is 0 Å². The molecule has 5 heteroatoms. The third kappa shape index (κ3) is 5.94. The Morgan fingerprint density at radius 2 is 1.56 bits per heavy atom. The van der Waals surface area contributed by atoms with Gasteiger partial charge in [-0.1, -0.05) is 12.1 Å². The quantitative estimate of drug-likeness (QED) is 0.622. The van der Waals surface area contributed by atoms with Crippen LogP contribution in [-0.2, 0) is 14.3 Å². The number of carbonyl (C=O) groups excluding carboxylic acids is 2. The van der Waals surface area contributed by atoms with Crippen LogP contribution in [-0.4, -0.2) is 24.2 Å². The molecule has 2 aromatic rings. The van der Waals surface area contributed by atoms with Gasteiger partial charge in [-0.3, -0.25) is 9.59 Å². The Bertz CT molecular complexity index is 787. The van der Waals surface area contributed by atoms with Crippen molar-refractivity contribution in [1.29, 1.82) is 0 Å². The number of thioether (sulfide) groups is 1. The van der Waals surface area contributed by atoms with Crippen molar-refractivity contribution >= 4 is 29.3 Å². The van der Waals surface area contributed by atoms with E-state index in [1.165, 1.54) is 22.9 Å². The number of amides is 1. The van der Waals surface area contributed by atoms with E-state index in [4.69, 9.17) is 4.74 Å². The first-order valence-corrected chi connectivity index (χ1v) is 9.06. The minimum Gasteiger partial charge on any atom is -0.455 e. The van der Waals surface area contributed by atoms with Gasteiger partial charge in [-0.25, -0.2) is 0 Å². The van der Waals surface area contributed by atoms with Crippen LogP contribution < -0.4 is 5.32 Å². The Morgan fingerprint density at radius 3 is 2.20 bits per heavy atom. The highest BCUT2D eigenvalue weighted by Gasteiger charge is 2.09. The molecule has 4 nitrogen and oxygen atoms in total. The van der Waals surface area contributed by atoms with Crippen molar-refractivity contribution < 1.29 is 14.3 Å². The van der Waals surface area contributed by atoms with Gasteiger partial charge < -0.3 is 10.1 Å². The summed E-state index contributed by atoms with van der Waals surface area (Å²) < 4.78 is 5.03. The van der Waals surface area contributed by atoms with Gasteiger partial charge in [0.05, 0.1) is 5.75 Å². The molecule has 1 amide bonds. The SMILES string of the molecule is Cc1ccc(NC(=O)COC(=O)CSc2ccc(C)c(C)c2)cc1C. The number of ether oxygens (including phenoxy) is 1. The van der Waals surface area contributed by atoms with Gasteiger partial charge in [-0.05, 0) is 74.2 Å². The highest BCUT2D eigenvalue weighted by molar-refractivity contribution is 8.00. The normalized spacial score (nSPS) is 10.4. The van der Waals surface area contributed by atoms with E-state index < -0.39 is 5.97 Å². The number of anilines is 1. The molecular weight excluding hydrogens is 334 g/mol. The summed E-state index contributed by atoms with van der Waals surface area (Å²) in [5, 5.41) is 2.73. The molecule has 2 rings (SSSR count). The minimum absolute atomic E-state index is 0.180. The summed E-state index contributed by atoms with van der Waals surface area (Å²) in [6.45, 7) is 7.80. The fourth-order valence-corrected chi connectivity index (χ4v) is 2.94. The molecule has 0 aromatic heterocycles. The first-order valence-electron chi connectivity index (χ1n) is 8.08. The van der Waals surface area contributed by atoms with Crippen LogP contribution in [0.25, 0.3) is 0 Å². The molecule has 0 spiro atoms. The molecule has 0 aliphatic rings. The number of hydrogen-bond acceptors (Lipinski definition) is 4. The second-order valence-corrected chi connectivity index (χ2v) is 7.09. The number of esters is 1. The number of rotatable bonds is 6. The Morgan fingerprint density at radius 1 is 0.920 bits per heavy atom. The molecule has 0 saturated heterocycles. The van der Waals surface area contributed by atoms with Crippen molar-refractivity contribution in [2.24, 2.45) is 0 Å². The van der Waals surface area contributed by atoms with Crippen LogP contribution in [0.1, 0.15) is 22.3 Å². The molecule has 25 heavy (non-hydrogen) atoms. The van der Waals surface area contributed by atoms with Crippen molar-refractivity contribution in [2.75, 3.05) is 17.7 Å². The maximum absolute atomic E-state index is 11.9. The molecular formula is C20H23NO3S. The van der Waals surface area contributed by atoms with Crippen LogP contribution in [0.15, 0.2) is 41.3 Å². The van der Waals surface area contributed by atoms with Crippen LogP contribution in [0, 0.1) is 27.7 Å². The lowest BCUT2D eigenvalue weighted by Gasteiger charge is -2.09. The van der Waals surface area contributed by atoms with Crippen molar-refractivity contribution in [3.8, 4) is 0 Å². The van der Waals surface area contributed by atoms with E-state index in [-0.39, 0.29) is 18.3 Å². The topological polar surface area (TPSA) is 55.4 Å². The summed E-state index contributed by atoms with van der Waals surface area (Å²) in [7, 11) is 0. The van der Waals surface area contributed by atoms with E-state index in [0.717, 1.165) is 16.0 Å². The highest BCUT2D eigenvalue weighted by atomic mass is 32.2. The van der Waals surface area contributed by atoms with Crippen molar-refractivity contribution in [3.63, 3.8) is 0 Å². The lowest BCUT2D eigenvalue weighted by atomic mass is 10.1. The van der Waals surface area contributed by atoms with E-state index >= 15 is 0 Å². The van der Waals surface area contributed by atoms with Crippen LogP contribution >= 0.6 is 11.8 Å². The van der Waals surface area contributed by atoms with Crippen molar-refractivity contribution in [3.05, 3.63) is 58.7 Å². The summed E-state index contributed by atoms with van der Waals surface area (Å²) >= 11 is 1.40. The molecule has 0 atom stereocenters. The van der Waals surface area contributed by atoms with Gasteiger partial charge >= 0.3 is 5.97 Å². The lowest BCUT2D eigenvalue weighted by Crippen LogP contribution is -2.21. The molecule has 0 aliphatic carbocycles. The number of carbonyl (C=O) groups is 2. The molecule has 0 aliphatic heterocycles. The maximum Gasteiger partial charge on any atom is 0.316 e. The van der Waals surface area contributed by atoms with Gasteiger partial charge in [-0.15, -0.1) is 11.8 Å². The van der Waals surface area contributed by atoms with E-state index in [9.17, 15) is 9.59 Å². The molecule has 0 bridgehead atoms. The van der Waals surface area contributed by atoms with Gasteiger partial charge in [0, 0.05) is 10.6 Å². The zero-order chi connectivity index (χ0) is 18.4. The maximum atomic E-state index is 11.9. The highest BCUT2D eigenvalue weighted by Crippen LogP contribution is 2.21. The van der Waals surface area contributed by atoms with Crippen LogP contribution in [0.2, 0.25) is 0 Å². The standard InChI is InChI=1S/C20H23NO3S/c1-13-5-7-17(9-15(13)3)21-19(22)11-24-20(23)12-25-18-8-6-14(2)16(4)10-18/h5-10H,11-12H2,1-4H3,(H,21,22). The molecule has 1 N–H and O–H groups in total. The first-order chi connectivity index (χ1) is 11.8. The minimum atomic E-state index is -0.404. The second kappa shape index (κ2) is 8.72. The molecule has 0 saturated carbocycles. The number of aryl methyl sites for hydroxylation is 4. The summed E-state index contributed by atoms with van der Waals surface area (Å²) in [6, 6.07) is 11.7. The van der Waals surface area contributed by atoms with E-state index in [2.05, 4.69) is 5.32 Å². The molecule has 132 valence electrons. The average molecular weight is 357 g/mol. The molecule has 0 radical (unpaired) electrons. The summed E-state index contributed by atoms with van der Waals surface area (Å²) in [5.41, 5.74) is 5.36. The zero-order valence-electron chi connectivity index (χ0n) is 15.0. The van der Waals surface area contributed by atoms with Gasteiger partial charge in [0.2, 0.25) is 0 Å². The number of hydrogen-bond donors (Lipinski definition) is 1. The van der Waals surface area contributed by atoms with Gasteiger partial charge in [-0.2, -0.15) is 0 Å². The second-order valence-electron chi connectivity index (χ2n) is 6.04. The van der Waals surface area contributed by atoms with Crippen LogP contribution in [0.5, 0.6) is 0 Å². The van der Waals surface area contributed by atoms with Crippen LogP contribution in [0.3, 0.4) is 0 Å². The van der Waals surface area contributed by atoms with Crippen molar-refractivity contribution in [1.82, 2.24) is 0 Å². The molecule has 2 aromatic carbocycles. The Hall–Kier alpha value is -2.27. The molecule has 0 unspecified atom stereocenters. The van der Waals surface area contributed by atoms with Gasteiger partial charge in [0.1, 0.15) is 0 Å². The third-order valence-corrected chi connectivity index (χ3v) is 4.96. The monoisotopic (exact) mass is 357 g/mol. The predicted molar refractivity (Wildman–Crippen MR) is 102 cm³/mol. The smallest absolute Gasteiger partial charge is 0.316 e. The largest absolute Gasteiger partial charge is 0.455 e. The Balaban J connectivity index is 1.76. The van der Waals surface area contributed by atoms with Crippen LogP contribution in [0.4, 0.5) is 5.69 Å². The number of nitrogens with one attached hydrogen (secondary N) is 1. The lowest BCUT2D eigenvalue weighted by molar-refractivity contribution is -0.144. The Kier molecular flexibility index (Phi) is 6.65. The molecule has 0 heterocycles. The van der Waals surface area contributed by atoms with E-state index in [0.29, 0.717) is 5.69 Å². The van der Waals surface area contributed by atoms with Gasteiger partial charge in [0.15, 0.2) is 6.61 Å². The molecule has 0 fully saturated rings. The third-order valence-electron chi connectivity index (χ3n) is 3.99. The fraction of sp³-hybridized carbons (Fsp3) is 0.300. The summed E-state index contributed by atoms with van der Waals surface area (Å²) in [4.78, 5) is 24.7. The first kappa shape index (κ1) is 19.1. The van der Waals surface area contributed by atoms with E-state index in [1.807, 2.05) is 64.1 Å². The predicted octanol–water partition coefficient (Wildman–Crippen LogP) is 4.19. The van der Waals surface area contributed by atoms with Gasteiger partial charge in [0.25, 0.3) is 5.91 Å². The Labute approximate surface area is 153 Å². The fourth-order valence-electron chi connectivity index (χ4n) is 2.15. The number of benzene rings is 2. The summed E-state index contributed by atoms with van der Waals surface area (Å²) in [6.07, 6.45) is 0. The zero-order valence-corrected chi connectivity index (χ0v) is 15.8. The summed E-state index contributed by atoms with van der Waals surface area (Å²) in [5.74, 6) is -0.564.